The number of nitrogens with zero attached hydrogens (tertiary/aromatic N) is 1. The Morgan fingerprint density at radius 2 is 2.15 bits per heavy atom. The summed E-state index contributed by atoms with van der Waals surface area (Å²) < 4.78 is 4.94. The molecule has 4 heteroatoms. The fourth-order valence-electron chi connectivity index (χ4n) is 2.99. The maximum atomic E-state index is 12.1. The number of benzene rings is 1. The van der Waals surface area contributed by atoms with Crippen molar-refractivity contribution in [3.63, 3.8) is 0 Å². The zero-order valence-electron chi connectivity index (χ0n) is 12.2. The molecule has 20 heavy (non-hydrogen) atoms. The lowest BCUT2D eigenvalue weighted by atomic mass is 9.97. The fourth-order valence-corrected chi connectivity index (χ4v) is 2.99. The Bertz CT molecular complexity index is 435. The molecule has 1 saturated heterocycles. The summed E-state index contributed by atoms with van der Waals surface area (Å²) >= 11 is 0. The third-order valence-corrected chi connectivity index (χ3v) is 4.29. The average molecular weight is 277 g/mol. The van der Waals surface area contributed by atoms with E-state index in [1.54, 1.807) is 0 Å². The number of esters is 1. The van der Waals surface area contributed by atoms with Crippen molar-refractivity contribution in [2.24, 2.45) is 5.92 Å². The van der Waals surface area contributed by atoms with E-state index in [0.29, 0.717) is 12.5 Å². The van der Waals surface area contributed by atoms with Crippen molar-refractivity contribution in [2.45, 2.75) is 25.3 Å². The molecular formula is C16H23NO3. The fraction of sp³-hybridized carbons (Fsp3) is 0.562. The van der Waals surface area contributed by atoms with Crippen LogP contribution < -0.4 is 0 Å². The van der Waals surface area contributed by atoms with E-state index < -0.39 is 0 Å². The van der Waals surface area contributed by atoms with Gasteiger partial charge in [0.2, 0.25) is 0 Å². The summed E-state index contributed by atoms with van der Waals surface area (Å²) in [5.41, 5.74) is 0.968. The summed E-state index contributed by atoms with van der Waals surface area (Å²) in [5.74, 6) is -0.0398. The maximum Gasteiger partial charge on any atom is 0.314 e. The van der Waals surface area contributed by atoms with Gasteiger partial charge in [0.15, 0.2) is 0 Å². The Kier molecular flexibility index (Phi) is 5.15. The van der Waals surface area contributed by atoms with E-state index in [0.717, 1.165) is 18.5 Å². The zero-order chi connectivity index (χ0) is 14.5. The summed E-state index contributed by atoms with van der Waals surface area (Å²) in [6.45, 7) is 3.82. The van der Waals surface area contributed by atoms with Crippen molar-refractivity contribution < 1.29 is 14.6 Å². The van der Waals surface area contributed by atoms with E-state index in [1.165, 1.54) is 7.11 Å². The lowest BCUT2D eigenvalue weighted by Crippen LogP contribution is -2.39. The Labute approximate surface area is 120 Å². The second-order valence-electron chi connectivity index (χ2n) is 5.50. The number of rotatable bonds is 5. The van der Waals surface area contributed by atoms with Gasteiger partial charge >= 0.3 is 5.97 Å². The minimum atomic E-state index is -0.291. The number of likely N-dealkylation sites (tertiary alicyclic amines) is 1. The molecule has 0 amide bonds. The van der Waals surface area contributed by atoms with Crippen LogP contribution in [0.1, 0.15) is 24.8 Å². The maximum absolute atomic E-state index is 12.1. The summed E-state index contributed by atoms with van der Waals surface area (Å²) in [5, 5.41) is 9.53. The van der Waals surface area contributed by atoms with Gasteiger partial charge < -0.3 is 9.84 Å². The Hall–Kier alpha value is -1.39. The topological polar surface area (TPSA) is 49.8 Å². The third-order valence-electron chi connectivity index (χ3n) is 4.29. The first kappa shape index (κ1) is 15.0. The van der Waals surface area contributed by atoms with Gasteiger partial charge in [-0.2, -0.15) is 0 Å². The van der Waals surface area contributed by atoms with Crippen LogP contribution in [0.5, 0.6) is 0 Å². The Morgan fingerprint density at radius 3 is 2.75 bits per heavy atom. The first-order valence-corrected chi connectivity index (χ1v) is 7.15. The predicted molar refractivity (Wildman–Crippen MR) is 77.4 cm³/mol. The van der Waals surface area contributed by atoms with Gasteiger partial charge in [0.25, 0.3) is 0 Å². The number of aliphatic hydroxyl groups is 1. The molecule has 1 N–H and O–H groups in total. The van der Waals surface area contributed by atoms with E-state index >= 15 is 0 Å². The first-order valence-electron chi connectivity index (χ1n) is 7.15. The van der Waals surface area contributed by atoms with Crippen LogP contribution in [0.2, 0.25) is 0 Å². The van der Waals surface area contributed by atoms with Crippen molar-refractivity contribution in [2.75, 3.05) is 26.8 Å². The first-order chi connectivity index (χ1) is 9.67. The Morgan fingerprint density at radius 1 is 1.45 bits per heavy atom. The second-order valence-corrected chi connectivity index (χ2v) is 5.50. The number of hydrogen-bond acceptors (Lipinski definition) is 4. The monoisotopic (exact) mass is 277 g/mol. The van der Waals surface area contributed by atoms with Crippen LogP contribution in [-0.2, 0) is 9.53 Å². The number of aliphatic hydroxyl groups excluding tert-OH is 1. The van der Waals surface area contributed by atoms with Gasteiger partial charge in [0.1, 0.15) is 0 Å². The van der Waals surface area contributed by atoms with Gasteiger partial charge in [-0.15, -0.1) is 0 Å². The molecule has 1 aromatic rings. The normalized spacial score (nSPS) is 24.6. The van der Waals surface area contributed by atoms with Crippen LogP contribution in [0.4, 0.5) is 0 Å². The molecule has 1 heterocycles. The lowest BCUT2D eigenvalue weighted by molar-refractivity contribution is -0.143. The van der Waals surface area contributed by atoms with Gasteiger partial charge in [-0.3, -0.25) is 9.69 Å². The van der Waals surface area contributed by atoms with Crippen LogP contribution in [0.15, 0.2) is 30.3 Å². The quantitative estimate of drug-likeness (QED) is 0.831. The van der Waals surface area contributed by atoms with Gasteiger partial charge in [0, 0.05) is 12.6 Å². The highest BCUT2D eigenvalue weighted by atomic mass is 16.5. The second kappa shape index (κ2) is 6.86. The number of hydrogen-bond donors (Lipinski definition) is 1. The van der Waals surface area contributed by atoms with E-state index in [-0.39, 0.29) is 24.5 Å². The standard InChI is InChI=1S/C16H23NO3/c1-12-8-9-17(15(12)11-18)10-14(16(19)20-2)13-6-4-3-5-7-13/h3-7,12,14-15,18H,8-11H2,1-2H3. The SMILES string of the molecule is COC(=O)C(CN1CCC(C)C1CO)c1ccccc1. The summed E-state index contributed by atoms with van der Waals surface area (Å²) in [6.07, 6.45) is 1.06. The predicted octanol–water partition coefficient (Wildman–Crippen LogP) is 1.65. The molecule has 1 fully saturated rings. The van der Waals surface area contributed by atoms with Crippen molar-refractivity contribution in [1.82, 2.24) is 4.90 Å². The lowest BCUT2D eigenvalue weighted by Gasteiger charge is -2.28. The van der Waals surface area contributed by atoms with Crippen molar-refractivity contribution in [3.8, 4) is 0 Å². The molecule has 0 radical (unpaired) electrons. The number of methoxy groups -OCH3 is 1. The molecule has 0 saturated carbocycles. The molecular weight excluding hydrogens is 254 g/mol. The van der Waals surface area contributed by atoms with Crippen molar-refractivity contribution in [3.05, 3.63) is 35.9 Å². The van der Waals surface area contributed by atoms with Crippen molar-refractivity contribution in [1.29, 1.82) is 0 Å². The molecule has 0 aromatic heterocycles. The average Bonchev–Trinajstić information content (AvgIpc) is 2.84. The number of carbonyl (C=O) groups excluding carboxylic acids is 1. The minimum absolute atomic E-state index is 0.143. The molecule has 3 unspecified atom stereocenters. The highest BCUT2D eigenvalue weighted by molar-refractivity contribution is 5.78. The Balaban J connectivity index is 2.15. The van der Waals surface area contributed by atoms with Crippen LogP contribution >= 0.6 is 0 Å². The van der Waals surface area contributed by atoms with Crippen LogP contribution in [0.25, 0.3) is 0 Å². The summed E-state index contributed by atoms with van der Waals surface area (Å²) in [7, 11) is 1.43. The van der Waals surface area contributed by atoms with Gasteiger partial charge in [-0.25, -0.2) is 0 Å². The van der Waals surface area contributed by atoms with E-state index in [4.69, 9.17) is 4.74 Å². The zero-order valence-corrected chi connectivity index (χ0v) is 12.2. The molecule has 0 spiro atoms. The van der Waals surface area contributed by atoms with E-state index in [2.05, 4.69) is 11.8 Å². The molecule has 0 aliphatic carbocycles. The van der Waals surface area contributed by atoms with Gasteiger partial charge in [-0.1, -0.05) is 37.3 Å². The molecule has 1 aromatic carbocycles. The summed E-state index contributed by atoms with van der Waals surface area (Å²) in [6, 6.07) is 9.85. The molecule has 0 bridgehead atoms. The third kappa shape index (κ3) is 3.19. The molecule has 110 valence electrons. The number of carbonyl (C=O) groups is 1. The van der Waals surface area contributed by atoms with Gasteiger partial charge in [-0.05, 0) is 24.4 Å². The molecule has 1 aliphatic rings. The van der Waals surface area contributed by atoms with Gasteiger partial charge in [0.05, 0.1) is 19.6 Å². The van der Waals surface area contributed by atoms with Crippen molar-refractivity contribution >= 4 is 5.97 Å². The van der Waals surface area contributed by atoms with E-state index in [9.17, 15) is 9.90 Å². The molecule has 1 aliphatic heterocycles. The number of ether oxygens (including phenoxy) is 1. The van der Waals surface area contributed by atoms with Crippen LogP contribution in [-0.4, -0.2) is 48.8 Å². The largest absolute Gasteiger partial charge is 0.469 e. The molecule has 3 atom stereocenters. The molecule has 4 nitrogen and oxygen atoms in total. The van der Waals surface area contributed by atoms with Crippen LogP contribution in [0.3, 0.4) is 0 Å². The van der Waals surface area contributed by atoms with Crippen LogP contribution in [0, 0.1) is 5.92 Å². The highest BCUT2D eigenvalue weighted by Gasteiger charge is 2.34. The molecule has 2 rings (SSSR count). The highest BCUT2D eigenvalue weighted by Crippen LogP contribution is 2.27. The smallest absolute Gasteiger partial charge is 0.314 e. The summed E-state index contributed by atoms with van der Waals surface area (Å²) in [4.78, 5) is 14.3. The van der Waals surface area contributed by atoms with E-state index in [1.807, 2.05) is 30.3 Å². The minimum Gasteiger partial charge on any atom is -0.469 e.